The summed E-state index contributed by atoms with van der Waals surface area (Å²) >= 11 is 0. The number of fused-ring (bicyclic) bond motifs is 3. The van der Waals surface area contributed by atoms with Crippen LogP contribution in [-0.2, 0) is 4.79 Å². The SMILES string of the molecule is O=C1Nc2c(F)cccc2N2CCNCC12. The van der Waals surface area contributed by atoms with Crippen LogP contribution in [0.3, 0.4) is 0 Å². The lowest BCUT2D eigenvalue weighted by atomic mass is 10.1. The summed E-state index contributed by atoms with van der Waals surface area (Å²) in [4.78, 5) is 13.8. The molecule has 0 aliphatic carbocycles. The number of carbonyl (C=O) groups is 1. The van der Waals surface area contributed by atoms with Gasteiger partial charge in [0.2, 0.25) is 5.91 Å². The summed E-state index contributed by atoms with van der Waals surface area (Å²) in [6, 6.07) is 4.66. The number of halogens is 1. The highest BCUT2D eigenvalue weighted by molar-refractivity contribution is 6.04. The summed E-state index contributed by atoms with van der Waals surface area (Å²) in [5.41, 5.74) is 1.09. The van der Waals surface area contributed by atoms with E-state index in [1.165, 1.54) is 6.07 Å². The highest BCUT2D eigenvalue weighted by Gasteiger charge is 2.35. The van der Waals surface area contributed by atoms with Crippen molar-refractivity contribution in [2.24, 2.45) is 0 Å². The smallest absolute Gasteiger partial charge is 0.248 e. The van der Waals surface area contributed by atoms with Gasteiger partial charge in [0.05, 0.1) is 5.69 Å². The average Bonchev–Trinajstić information content (AvgIpc) is 2.31. The maximum absolute atomic E-state index is 13.5. The molecule has 2 heterocycles. The first-order valence-corrected chi connectivity index (χ1v) is 5.34. The number of rotatable bonds is 0. The van der Waals surface area contributed by atoms with Crippen LogP contribution in [0.25, 0.3) is 0 Å². The van der Waals surface area contributed by atoms with Gasteiger partial charge in [-0.3, -0.25) is 4.79 Å². The molecule has 1 unspecified atom stereocenters. The van der Waals surface area contributed by atoms with E-state index >= 15 is 0 Å². The number of piperazine rings is 1. The minimum Gasteiger partial charge on any atom is -0.355 e. The van der Waals surface area contributed by atoms with Crippen LogP contribution in [0.2, 0.25) is 0 Å². The lowest BCUT2D eigenvalue weighted by Gasteiger charge is -2.41. The van der Waals surface area contributed by atoms with Crippen molar-refractivity contribution in [3.8, 4) is 0 Å². The molecule has 1 amide bonds. The fourth-order valence-corrected chi connectivity index (χ4v) is 2.31. The van der Waals surface area contributed by atoms with Gasteiger partial charge in [0, 0.05) is 19.6 Å². The second-order valence-electron chi connectivity index (χ2n) is 4.04. The van der Waals surface area contributed by atoms with Crippen LogP contribution in [0, 0.1) is 5.82 Å². The molecule has 1 atom stereocenters. The molecule has 16 heavy (non-hydrogen) atoms. The molecule has 0 radical (unpaired) electrons. The molecule has 1 aromatic carbocycles. The fourth-order valence-electron chi connectivity index (χ4n) is 2.31. The molecular weight excluding hydrogens is 209 g/mol. The van der Waals surface area contributed by atoms with E-state index in [0.29, 0.717) is 12.2 Å². The van der Waals surface area contributed by atoms with Crippen molar-refractivity contribution in [2.75, 3.05) is 29.9 Å². The summed E-state index contributed by atoms with van der Waals surface area (Å²) in [6.07, 6.45) is 0. The van der Waals surface area contributed by atoms with Gasteiger partial charge in [-0.15, -0.1) is 0 Å². The fraction of sp³-hybridized carbons (Fsp3) is 0.364. The summed E-state index contributed by atoms with van der Waals surface area (Å²) < 4.78 is 13.5. The van der Waals surface area contributed by atoms with Crippen LogP contribution in [0.5, 0.6) is 0 Å². The standard InChI is InChI=1S/C11H12FN3O/c12-7-2-1-3-8-10(7)14-11(16)9-6-13-4-5-15(8)9/h1-3,9,13H,4-6H2,(H,14,16). The Hall–Kier alpha value is -1.62. The minimum absolute atomic E-state index is 0.134. The van der Waals surface area contributed by atoms with Gasteiger partial charge < -0.3 is 15.5 Å². The summed E-state index contributed by atoms with van der Waals surface area (Å²) in [7, 11) is 0. The second-order valence-corrected chi connectivity index (χ2v) is 4.04. The molecule has 2 N–H and O–H groups in total. The topological polar surface area (TPSA) is 44.4 Å². The van der Waals surface area contributed by atoms with Gasteiger partial charge in [0.25, 0.3) is 0 Å². The first-order chi connectivity index (χ1) is 7.77. The van der Waals surface area contributed by atoms with Crippen LogP contribution in [0.4, 0.5) is 15.8 Å². The first kappa shape index (κ1) is 9.59. The van der Waals surface area contributed by atoms with Crippen LogP contribution in [-0.4, -0.2) is 31.6 Å². The lowest BCUT2D eigenvalue weighted by Crippen LogP contribution is -2.59. The zero-order valence-electron chi connectivity index (χ0n) is 8.66. The summed E-state index contributed by atoms with van der Waals surface area (Å²) in [5, 5.41) is 5.80. The predicted molar refractivity (Wildman–Crippen MR) is 59.0 cm³/mol. The van der Waals surface area contributed by atoms with Crippen molar-refractivity contribution in [1.29, 1.82) is 0 Å². The number of nitrogens with one attached hydrogen (secondary N) is 2. The van der Waals surface area contributed by atoms with Gasteiger partial charge in [-0.1, -0.05) is 6.07 Å². The van der Waals surface area contributed by atoms with E-state index in [4.69, 9.17) is 0 Å². The Labute approximate surface area is 92.4 Å². The molecule has 0 bridgehead atoms. The molecule has 1 fully saturated rings. The zero-order chi connectivity index (χ0) is 11.1. The molecule has 84 valence electrons. The van der Waals surface area contributed by atoms with Crippen LogP contribution >= 0.6 is 0 Å². The lowest BCUT2D eigenvalue weighted by molar-refractivity contribution is -0.117. The minimum atomic E-state index is -0.372. The highest BCUT2D eigenvalue weighted by atomic mass is 19.1. The Morgan fingerprint density at radius 1 is 1.44 bits per heavy atom. The monoisotopic (exact) mass is 221 g/mol. The molecule has 3 rings (SSSR count). The van der Waals surface area contributed by atoms with Gasteiger partial charge in [0.1, 0.15) is 17.5 Å². The molecule has 0 spiro atoms. The molecule has 0 saturated carbocycles. The molecule has 1 saturated heterocycles. The van der Waals surface area contributed by atoms with Gasteiger partial charge in [0.15, 0.2) is 0 Å². The van der Waals surface area contributed by atoms with E-state index in [2.05, 4.69) is 10.6 Å². The molecule has 5 heteroatoms. The van der Waals surface area contributed by atoms with Crippen LogP contribution in [0.1, 0.15) is 0 Å². The maximum Gasteiger partial charge on any atom is 0.248 e. The Morgan fingerprint density at radius 2 is 2.31 bits per heavy atom. The molecule has 4 nitrogen and oxygen atoms in total. The highest BCUT2D eigenvalue weighted by Crippen LogP contribution is 2.34. The van der Waals surface area contributed by atoms with Crippen molar-refractivity contribution in [3.05, 3.63) is 24.0 Å². The second kappa shape index (κ2) is 3.45. The Kier molecular flexibility index (Phi) is 2.07. The number of carbonyl (C=O) groups excluding carboxylic acids is 1. The predicted octanol–water partition coefficient (Wildman–Crippen LogP) is 0.556. The van der Waals surface area contributed by atoms with Crippen LogP contribution in [0.15, 0.2) is 18.2 Å². The third-order valence-electron chi connectivity index (χ3n) is 3.10. The van der Waals surface area contributed by atoms with E-state index < -0.39 is 0 Å². The number of benzene rings is 1. The quantitative estimate of drug-likeness (QED) is 0.672. The third-order valence-corrected chi connectivity index (χ3v) is 3.10. The number of hydrogen-bond acceptors (Lipinski definition) is 3. The molecular formula is C11H12FN3O. The normalized spacial score (nSPS) is 23.4. The Morgan fingerprint density at radius 3 is 3.19 bits per heavy atom. The number of amides is 1. The van der Waals surface area contributed by atoms with E-state index in [0.717, 1.165) is 18.8 Å². The van der Waals surface area contributed by atoms with Gasteiger partial charge in [-0.25, -0.2) is 4.39 Å². The van der Waals surface area contributed by atoms with E-state index in [-0.39, 0.29) is 17.8 Å². The van der Waals surface area contributed by atoms with Gasteiger partial charge >= 0.3 is 0 Å². The number of nitrogens with zero attached hydrogens (tertiary/aromatic N) is 1. The first-order valence-electron chi connectivity index (χ1n) is 5.34. The van der Waals surface area contributed by atoms with E-state index in [1.807, 2.05) is 11.0 Å². The van der Waals surface area contributed by atoms with Crippen molar-refractivity contribution in [1.82, 2.24) is 5.32 Å². The van der Waals surface area contributed by atoms with Crippen molar-refractivity contribution in [2.45, 2.75) is 6.04 Å². The maximum atomic E-state index is 13.5. The van der Waals surface area contributed by atoms with E-state index in [1.54, 1.807) is 6.07 Å². The zero-order valence-corrected chi connectivity index (χ0v) is 8.66. The summed E-state index contributed by atoms with van der Waals surface area (Å²) in [5.74, 6) is -0.507. The average molecular weight is 221 g/mol. The van der Waals surface area contributed by atoms with Crippen LogP contribution < -0.4 is 15.5 Å². The largest absolute Gasteiger partial charge is 0.355 e. The van der Waals surface area contributed by atoms with Crippen molar-refractivity contribution >= 4 is 17.3 Å². The number of anilines is 2. The number of para-hydroxylation sites is 1. The Bertz CT molecular complexity index is 449. The number of hydrogen-bond donors (Lipinski definition) is 2. The molecule has 2 aliphatic heterocycles. The molecule has 1 aromatic rings. The third kappa shape index (κ3) is 1.28. The summed E-state index contributed by atoms with van der Waals surface area (Å²) in [6.45, 7) is 2.16. The van der Waals surface area contributed by atoms with Gasteiger partial charge in [-0.05, 0) is 12.1 Å². The molecule has 2 aliphatic rings. The van der Waals surface area contributed by atoms with Crippen molar-refractivity contribution < 1.29 is 9.18 Å². The Balaban J connectivity index is 2.10. The molecule has 0 aromatic heterocycles. The van der Waals surface area contributed by atoms with E-state index in [9.17, 15) is 9.18 Å². The van der Waals surface area contributed by atoms with Crippen molar-refractivity contribution in [3.63, 3.8) is 0 Å². The van der Waals surface area contributed by atoms with Gasteiger partial charge in [-0.2, -0.15) is 0 Å².